The van der Waals surface area contributed by atoms with Gasteiger partial charge in [0, 0.05) is 19.3 Å². The van der Waals surface area contributed by atoms with E-state index in [2.05, 4.69) is 198 Å². The van der Waals surface area contributed by atoms with Crippen molar-refractivity contribution in [2.75, 3.05) is 39.6 Å². The molecule has 0 rings (SSSR count). The number of carbonyl (C=O) groups is 4. The predicted octanol–water partition coefficient (Wildman–Crippen LogP) is 23.9. The zero-order chi connectivity index (χ0) is 78.9. The van der Waals surface area contributed by atoms with Gasteiger partial charge in [0.15, 0.2) is 12.2 Å². The molecule has 0 aromatic heterocycles. The van der Waals surface area contributed by atoms with Crippen molar-refractivity contribution in [1.82, 2.24) is 0 Å². The Labute approximate surface area is 652 Å². The molecular weight excluding hydrogens is 1400 g/mol. The average Bonchev–Trinajstić information content (AvgIpc) is 0.901. The minimum absolute atomic E-state index is 0.0602. The maximum absolute atomic E-state index is 13.1. The van der Waals surface area contributed by atoms with Gasteiger partial charge in [-0.2, -0.15) is 0 Å². The van der Waals surface area contributed by atoms with Crippen molar-refractivity contribution in [2.45, 2.75) is 290 Å². The van der Waals surface area contributed by atoms with E-state index in [1.165, 1.54) is 0 Å². The Kier molecular flexibility index (Phi) is 74.1. The molecule has 17 nitrogen and oxygen atoms in total. The van der Waals surface area contributed by atoms with E-state index < -0.39 is 97.5 Å². The molecule has 608 valence electrons. The first-order valence-electron chi connectivity index (χ1n) is 40.3. The van der Waals surface area contributed by atoms with Gasteiger partial charge in [0.25, 0.3) is 0 Å². The maximum Gasteiger partial charge on any atom is 0.472 e. The molecule has 0 radical (unpaired) electrons. The topological polar surface area (TPSA) is 237 Å². The number of hydrogen-bond acceptors (Lipinski definition) is 15. The molecule has 0 aromatic carbocycles. The first kappa shape index (κ1) is 102. The molecule has 0 saturated carbocycles. The summed E-state index contributed by atoms with van der Waals surface area (Å²) in [5.74, 6) is -2.44. The Balaban J connectivity index is 5.52. The molecule has 0 amide bonds. The quantitative estimate of drug-likeness (QED) is 0.0169. The third-order valence-corrected chi connectivity index (χ3v) is 17.7. The zero-order valence-electron chi connectivity index (χ0n) is 66.4. The standard InChI is InChI=1S/C89H140O17P2/c1-5-9-13-17-21-25-29-33-37-40-41-44-47-50-54-58-62-66-70-74-87(92)100-79-84(105-88(93)75-71-67-63-59-55-51-45-36-32-28-24-20-16-12-8-4)81-103-107(95,96)101-77-83(90)78-102-108(97,98)104-82-85(106-89(94)76-72-68-64-60-56-52-48-43-39-35-31-27-23-19-15-11-7-3)80-99-86(91)73-69-65-61-57-53-49-46-42-38-34-30-26-22-18-14-10-6-2/h9-16,21-28,33-39,41,44-46,49,55,57,59,61,67,71,83-85,90H,5-8,17-20,29-32,40,42-43,47-48,50-54,56,58,60,62-66,68-70,72-82H2,1-4H3,(H,95,96)(H,97,98)/b13-9-,14-10-,15-11-,16-12-,25-21-,26-22-,27-23-,28-24-,37-33-,38-34-,39-35-,44-41-,45-36-,49-46-,59-55-,61-57-,71-67-. The largest absolute Gasteiger partial charge is 0.472 e. The molecule has 0 fully saturated rings. The van der Waals surface area contributed by atoms with Gasteiger partial charge in [0.2, 0.25) is 0 Å². The third-order valence-electron chi connectivity index (χ3n) is 15.8. The molecule has 108 heavy (non-hydrogen) atoms. The molecule has 5 unspecified atom stereocenters. The Morgan fingerprint density at radius 3 is 0.815 bits per heavy atom. The minimum Gasteiger partial charge on any atom is -0.462 e. The molecule has 5 atom stereocenters. The van der Waals surface area contributed by atoms with E-state index in [0.717, 1.165) is 186 Å². The van der Waals surface area contributed by atoms with E-state index >= 15 is 0 Å². The number of rotatable bonds is 73. The average molecular weight is 1540 g/mol. The molecule has 19 heteroatoms. The molecule has 0 aliphatic heterocycles. The van der Waals surface area contributed by atoms with Crippen molar-refractivity contribution in [2.24, 2.45) is 0 Å². The van der Waals surface area contributed by atoms with Crippen molar-refractivity contribution in [1.29, 1.82) is 0 Å². The molecule has 0 aliphatic carbocycles. The van der Waals surface area contributed by atoms with Crippen LogP contribution in [0.15, 0.2) is 207 Å². The second-order valence-corrected chi connectivity index (χ2v) is 28.8. The first-order valence-corrected chi connectivity index (χ1v) is 43.3. The maximum atomic E-state index is 13.1. The smallest absolute Gasteiger partial charge is 0.462 e. The number of esters is 4. The zero-order valence-corrected chi connectivity index (χ0v) is 68.2. The molecule has 3 N–H and O–H groups in total. The molecule has 0 aliphatic rings. The first-order chi connectivity index (χ1) is 52.7. The lowest BCUT2D eigenvalue weighted by Gasteiger charge is -2.21. The number of allylic oxidation sites excluding steroid dienone is 33. The Hall–Kier alpha value is -6.36. The van der Waals surface area contributed by atoms with Gasteiger partial charge in [0.05, 0.1) is 32.8 Å². The van der Waals surface area contributed by atoms with Gasteiger partial charge in [-0.1, -0.05) is 292 Å². The minimum atomic E-state index is -5.02. The van der Waals surface area contributed by atoms with E-state index in [1.54, 1.807) is 12.2 Å². The van der Waals surface area contributed by atoms with Crippen LogP contribution in [0, 0.1) is 0 Å². The summed E-state index contributed by atoms with van der Waals surface area (Å²) in [6.45, 7) is 4.19. The number of ether oxygens (including phenoxy) is 4. The van der Waals surface area contributed by atoms with Crippen LogP contribution in [0.3, 0.4) is 0 Å². The summed E-state index contributed by atoms with van der Waals surface area (Å²) in [4.78, 5) is 73.0. The van der Waals surface area contributed by atoms with Crippen LogP contribution >= 0.6 is 15.6 Å². The third kappa shape index (κ3) is 77.8. The number of phosphoric ester groups is 2. The Morgan fingerprint density at radius 2 is 0.500 bits per heavy atom. The molecular formula is C89H140O17P2. The van der Waals surface area contributed by atoms with Crippen LogP contribution in [0.1, 0.15) is 272 Å². The van der Waals surface area contributed by atoms with E-state index in [1.807, 2.05) is 24.3 Å². The monoisotopic (exact) mass is 1540 g/mol. The van der Waals surface area contributed by atoms with Crippen LogP contribution in [0.2, 0.25) is 0 Å². The fourth-order valence-electron chi connectivity index (χ4n) is 9.81. The highest BCUT2D eigenvalue weighted by molar-refractivity contribution is 7.47. The molecule has 0 aromatic rings. The number of phosphoric acid groups is 2. The summed E-state index contributed by atoms with van der Waals surface area (Å²) < 4.78 is 68.5. The second-order valence-electron chi connectivity index (χ2n) is 25.8. The lowest BCUT2D eigenvalue weighted by atomic mass is 10.1. The van der Waals surface area contributed by atoms with Crippen molar-refractivity contribution in [3.63, 3.8) is 0 Å². The van der Waals surface area contributed by atoms with Crippen LogP contribution < -0.4 is 0 Å². The molecule has 0 heterocycles. The van der Waals surface area contributed by atoms with Crippen molar-refractivity contribution in [3.8, 4) is 0 Å². The van der Waals surface area contributed by atoms with Crippen LogP contribution in [0.25, 0.3) is 0 Å². The number of unbranched alkanes of at least 4 members (excludes halogenated alkanes) is 14. The highest BCUT2D eigenvalue weighted by Gasteiger charge is 2.30. The van der Waals surface area contributed by atoms with E-state index in [-0.39, 0.29) is 25.7 Å². The highest BCUT2D eigenvalue weighted by Crippen LogP contribution is 2.45. The Bertz CT molecular complexity index is 2860. The fraction of sp³-hybridized carbons (Fsp3) is 0.573. The SMILES string of the molecule is CC/C=C\C/C=C\C/C=C\C/C=C\C/C=C\CCCC(=O)OCC(COP(=O)(O)OCC(O)COP(=O)(O)OCC(COC(=O)CCCCCCCC/C=C\C/C=C\C/C=C\C/C=C\CC)OC(=O)C/C=C\C/C=C\C/C=C\C/C=C\C/C=C\CC)OC(=O)CCCCCCCCC/C=C\C/C=C\C/C=C\CC. The summed E-state index contributed by atoms with van der Waals surface area (Å²) in [6.07, 6.45) is 98.4. The van der Waals surface area contributed by atoms with Crippen LogP contribution in [-0.2, 0) is 65.4 Å². The van der Waals surface area contributed by atoms with Gasteiger partial charge in [-0.3, -0.25) is 37.3 Å². The van der Waals surface area contributed by atoms with Crippen LogP contribution in [0.4, 0.5) is 0 Å². The van der Waals surface area contributed by atoms with Crippen LogP contribution in [0.5, 0.6) is 0 Å². The highest BCUT2D eigenvalue weighted by atomic mass is 31.2. The van der Waals surface area contributed by atoms with Gasteiger partial charge in [-0.15, -0.1) is 0 Å². The van der Waals surface area contributed by atoms with Gasteiger partial charge in [-0.05, 0) is 161 Å². The predicted molar refractivity (Wildman–Crippen MR) is 445 cm³/mol. The molecule has 0 spiro atoms. The molecule has 0 bridgehead atoms. The number of hydrogen-bond donors (Lipinski definition) is 3. The van der Waals surface area contributed by atoms with Crippen molar-refractivity contribution in [3.05, 3.63) is 207 Å². The number of aliphatic hydroxyl groups excluding tert-OH is 1. The van der Waals surface area contributed by atoms with Crippen molar-refractivity contribution < 1.29 is 80.2 Å². The van der Waals surface area contributed by atoms with Crippen molar-refractivity contribution >= 4 is 39.5 Å². The molecule has 0 saturated heterocycles. The lowest BCUT2D eigenvalue weighted by molar-refractivity contribution is -0.161. The van der Waals surface area contributed by atoms with Gasteiger partial charge in [0.1, 0.15) is 19.3 Å². The number of aliphatic hydroxyl groups is 1. The summed E-state index contributed by atoms with van der Waals surface area (Å²) >= 11 is 0. The van der Waals surface area contributed by atoms with Gasteiger partial charge >= 0.3 is 39.5 Å². The lowest BCUT2D eigenvalue weighted by Crippen LogP contribution is -2.30. The van der Waals surface area contributed by atoms with E-state index in [4.69, 9.17) is 37.0 Å². The summed E-state index contributed by atoms with van der Waals surface area (Å²) in [5, 5.41) is 10.7. The van der Waals surface area contributed by atoms with E-state index in [0.29, 0.717) is 32.1 Å². The second kappa shape index (κ2) is 78.8. The van der Waals surface area contributed by atoms with Gasteiger partial charge < -0.3 is 33.8 Å². The van der Waals surface area contributed by atoms with Crippen LogP contribution in [-0.4, -0.2) is 96.7 Å². The van der Waals surface area contributed by atoms with E-state index in [9.17, 15) is 43.2 Å². The normalized spacial score (nSPS) is 14.9. The summed E-state index contributed by atoms with van der Waals surface area (Å²) in [5.41, 5.74) is 0. The number of carbonyl (C=O) groups excluding carboxylic acids is 4. The fourth-order valence-corrected chi connectivity index (χ4v) is 11.4. The van der Waals surface area contributed by atoms with Gasteiger partial charge in [-0.25, -0.2) is 9.13 Å². The summed E-state index contributed by atoms with van der Waals surface area (Å²) in [6, 6.07) is 0. The Morgan fingerprint density at radius 1 is 0.269 bits per heavy atom. The summed E-state index contributed by atoms with van der Waals surface area (Å²) in [7, 11) is -10.0.